The van der Waals surface area contributed by atoms with Crippen molar-refractivity contribution in [2.24, 2.45) is 0 Å². The van der Waals surface area contributed by atoms with E-state index in [1.165, 1.54) is 18.1 Å². The maximum absolute atomic E-state index is 12.3. The Labute approximate surface area is 146 Å². The standard InChI is InChI=1S/C15H21N5O4S/c1-10-8-16-14(17-10)9-20(2)15(21)18-11-5-6-13(24-3)12(7-11)19-25(4,22)23/h5-8,19H,9H2,1-4H3,(H,16,17)(H,18,21). The molecule has 2 amide bonds. The van der Waals surface area contributed by atoms with Crippen LogP contribution in [0.1, 0.15) is 11.5 Å². The number of aromatic amines is 1. The Morgan fingerprint density at radius 2 is 2.12 bits per heavy atom. The summed E-state index contributed by atoms with van der Waals surface area (Å²) in [4.78, 5) is 20.9. The molecule has 0 saturated heterocycles. The smallest absolute Gasteiger partial charge is 0.321 e. The zero-order chi connectivity index (χ0) is 18.6. The number of aryl methyl sites for hydroxylation is 1. The van der Waals surface area contributed by atoms with Gasteiger partial charge in [0, 0.05) is 24.6 Å². The Kier molecular flexibility index (Phi) is 5.52. The van der Waals surface area contributed by atoms with Crippen molar-refractivity contribution in [1.82, 2.24) is 14.9 Å². The molecule has 0 aliphatic heterocycles. The molecule has 0 bridgehead atoms. The highest BCUT2D eigenvalue weighted by atomic mass is 32.2. The van der Waals surface area contributed by atoms with Crippen LogP contribution in [0.4, 0.5) is 16.2 Å². The number of carbonyl (C=O) groups is 1. The predicted molar refractivity (Wildman–Crippen MR) is 95.3 cm³/mol. The van der Waals surface area contributed by atoms with Crippen LogP contribution >= 0.6 is 0 Å². The number of amides is 2. The number of urea groups is 1. The molecule has 0 aliphatic rings. The normalized spacial score (nSPS) is 11.0. The first-order chi connectivity index (χ1) is 11.7. The third-order valence-corrected chi connectivity index (χ3v) is 3.83. The van der Waals surface area contributed by atoms with Gasteiger partial charge in [-0.2, -0.15) is 0 Å². The third kappa shape index (κ3) is 5.38. The van der Waals surface area contributed by atoms with Gasteiger partial charge < -0.3 is 19.9 Å². The predicted octanol–water partition coefficient (Wildman–Crippen LogP) is 1.76. The molecular formula is C15H21N5O4S. The number of hydrogen-bond donors (Lipinski definition) is 3. The molecule has 0 unspecified atom stereocenters. The number of H-pyrrole nitrogens is 1. The molecule has 0 spiro atoms. The van der Waals surface area contributed by atoms with Gasteiger partial charge in [0.1, 0.15) is 11.6 Å². The van der Waals surface area contributed by atoms with E-state index in [9.17, 15) is 13.2 Å². The lowest BCUT2D eigenvalue weighted by atomic mass is 10.2. The van der Waals surface area contributed by atoms with Gasteiger partial charge in [-0.1, -0.05) is 0 Å². The number of carbonyl (C=O) groups excluding carboxylic acids is 1. The molecule has 136 valence electrons. The van der Waals surface area contributed by atoms with Crippen LogP contribution in [0.25, 0.3) is 0 Å². The molecule has 1 aromatic carbocycles. The van der Waals surface area contributed by atoms with E-state index in [1.54, 1.807) is 25.4 Å². The minimum atomic E-state index is -3.48. The summed E-state index contributed by atoms with van der Waals surface area (Å²) in [5, 5.41) is 2.70. The molecule has 0 saturated carbocycles. The van der Waals surface area contributed by atoms with Crippen LogP contribution in [0.15, 0.2) is 24.4 Å². The highest BCUT2D eigenvalue weighted by molar-refractivity contribution is 7.92. The summed E-state index contributed by atoms with van der Waals surface area (Å²) >= 11 is 0. The molecule has 1 heterocycles. The van der Waals surface area contributed by atoms with Gasteiger partial charge in [-0.15, -0.1) is 0 Å². The molecule has 0 atom stereocenters. The van der Waals surface area contributed by atoms with E-state index < -0.39 is 10.0 Å². The van der Waals surface area contributed by atoms with Crippen molar-refractivity contribution in [3.63, 3.8) is 0 Å². The van der Waals surface area contributed by atoms with Gasteiger partial charge in [-0.05, 0) is 25.1 Å². The average molecular weight is 367 g/mol. The van der Waals surface area contributed by atoms with Gasteiger partial charge in [-0.3, -0.25) is 4.72 Å². The monoisotopic (exact) mass is 367 g/mol. The number of anilines is 2. The van der Waals surface area contributed by atoms with E-state index in [-0.39, 0.29) is 11.7 Å². The summed E-state index contributed by atoms with van der Waals surface area (Å²) in [7, 11) is -0.413. The zero-order valence-electron chi connectivity index (χ0n) is 14.5. The molecule has 0 fully saturated rings. The van der Waals surface area contributed by atoms with Crippen molar-refractivity contribution in [2.45, 2.75) is 13.5 Å². The second kappa shape index (κ2) is 7.43. The molecule has 1 aromatic heterocycles. The van der Waals surface area contributed by atoms with E-state index in [4.69, 9.17) is 4.74 Å². The Hall–Kier alpha value is -2.75. The first-order valence-electron chi connectivity index (χ1n) is 7.36. The molecule has 0 aliphatic carbocycles. The largest absolute Gasteiger partial charge is 0.495 e. The number of imidazole rings is 1. The van der Waals surface area contributed by atoms with Crippen molar-refractivity contribution in [3.05, 3.63) is 35.9 Å². The number of ether oxygens (including phenoxy) is 1. The molecule has 2 rings (SSSR count). The summed E-state index contributed by atoms with van der Waals surface area (Å²) in [6.45, 7) is 2.19. The summed E-state index contributed by atoms with van der Waals surface area (Å²) in [5.74, 6) is 1.02. The first kappa shape index (κ1) is 18.6. The number of methoxy groups -OCH3 is 1. The topological polar surface area (TPSA) is 116 Å². The number of hydrogen-bond acceptors (Lipinski definition) is 5. The van der Waals surface area contributed by atoms with Crippen molar-refractivity contribution in [1.29, 1.82) is 0 Å². The number of nitrogens with zero attached hydrogens (tertiary/aromatic N) is 2. The Bertz CT molecular complexity index is 863. The third-order valence-electron chi connectivity index (χ3n) is 3.24. The number of aromatic nitrogens is 2. The molecule has 3 N–H and O–H groups in total. The minimum absolute atomic E-state index is 0.243. The average Bonchev–Trinajstić information content (AvgIpc) is 2.91. The van der Waals surface area contributed by atoms with Crippen LogP contribution in [-0.4, -0.2) is 49.7 Å². The Morgan fingerprint density at radius 1 is 1.40 bits per heavy atom. The van der Waals surface area contributed by atoms with E-state index >= 15 is 0 Å². The minimum Gasteiger partial charge on any atom is -0.495 e. The Balaban J connectivity index is 2.10. The maximum Gasteiger partial charge on any atom is 0.321 e. The van der Waals surface area contributed by atoms with Gasteiger partial charge in [0.25, 0.3) is 0 Å². The van der Waals surface area contributed by atoms with Crippen molar-refractivity contribution >= 4 is 27.4 Å². The second-order valence-electron chi connectivity index (χ2n) is 5.59. The summed E-state index contributed by atoms with van der Waals surface area (Å²) < 4.78 is 30.4. The summed E-state index contributed by atoms with van der Waals surface area (Å²) in [5.41, 5.74) is 1.59. The maximum atomic E-state index is 12.3. The SMILES string of the molecule is COc1ccc(NC(=O)N(C)Cc2ncc(C)[nH]2)cc1NS(C)(=O)=O. The van der Waals surface area contributed by atoms with Gasteiger partial charge in [0.15, 0.2) is 0 Å². The van der Waals surface area contributed by atoms with Crippen LogP contribution in [0.3, 0.4) is 0 Å². The summed E-state index contributed by atoms with van der Waals surface area (Å²) in [6.07, 6.45) is 2.73. The summed E-state index contributed by atoms with van der Waals surface area (Å²) in [6, 6.07) is 4.32. The fraction of sp³-hybridized carbons (Fsp3) is 0.333. The van der Waals surface area contributed by atoms with Crippen molar-refractivity contribution < 1.29 is 17.9 Å². The highest BCUT2D eigenvalue weighted by Crippen LogP contribution is 2.28. The fourth-order valence-corrected chi connectivity index (χ4v) is 2.69. The fourth-order valence-electron chi connectivity index (χ4n) is 2.13. The van der Waals surface area contributed by atoms with Gasteiger partial charge in [0.2, 0.25) is 10.0 Å². The molecule has 0 radical (unpaired) electrons. The molecular weight excluding hydrogens is 346 g/mol. The van der Waals surface area contributed by atoms with Gasteiger partial charge in [0.05, 0.1) is 25.6 Å². The molecule has 9 nitrogen and oxygen atoms in total. The second-order valence-corrected chi connectivity index (χ2v) is 7.34. The van der Waals surface area contributed by atoms with E-state index in [2.05, 4.69) is 20.0 Å². The van der Waals surface area contributed by atoms with Crippen LogP contribution in [0.5, 0.6) is 5.75 Å². The lowest BCUT2D eigenvalue weighted by molar-refractivity contribution is 0.219. The number of benzene rings is 1. The number of rotatable bonds is 6. The van der Waals surface area contributed by atoms with Crippen LogP contribution in [-0.2, 0) is 16.6 Å². The first-order valence-corrected chi connectivity index (χ1v) is 9.25. The molecule has 25 heavy (non-hydrogen) atoms. The molecule has 2 aromatic rings. The van der Waals surface area contributed by atoms with E-state index in [0.29, 0.717) is 23.8 Å². The number of sulfonamides is 1. The van der Waals surface area contributed by atoms with Crippen molar-refractivity contribution in [3.8, 4) is 5.75 Å². The Morgan fingerprint density at radius 3 is 2.68 bits per heavy atom. The lowest BCUT2D eigenvalue weighted by Gasteiger charge is -2.18. The molecule has 10 heteroatoms. The lowest BCUT2D eigenvalue weighted by Crippen LogP contribution is -2.31. The van der Waals surface area contributed by atoms with Gasteiger partial charge in [-0.25, -0.2) is 18.2 Å². The van der Waals surface area contributed by atoms with Crippen molar-refractivity contribution in [2.75, 3.05) is 30.5 Å². The zero-order valence-corrected chi connectivity index (χ0v) is 15.3. The van der Waals surface area contributed by atoms with Crippen LogP contribution in [0, 0.1) is 6.92 Å². The van der Waals surface area contributed by atoms with Gasteiger partial charge >= 0.3 is 6.03 Å². The van der Waals surface area contributed by atoms with E-state index in [1.807, 2.05) is 6.92 Å². The quantitative estimate of drug-likeness (QED) is 0.719. The number of nitrogens with one attached hydrogen (secondary N) is 3. The highest BCUT2D eigenvalue weighted by Gasteiger charge is 2.14. The van der Waals surface area contributed by atoms with E-state index in [0.717, 1.165) is 11.9 Å². The van der Waals surface area contributed by atoms with Crippen LogP contribution in [0.2, 0.25) is 0 Å². The van der Waals surface area contributed by atoms with Crippen LogP contribution < -0.4 is 14.8 Å².